The van der Waals surface area contributed by atoms with Crippen LogP contribution in [0.4, 0.5) is 0 Å². The van der Waals surface area contributed by atoms with Gasteiger partial charge in [-0.1, -0.05) is 11.6 Å². The van der Waals surface area contributed by atoms with Gasteiger partial charge in [0, 0.05) is 6.42 Å². The van der Waals surface area contributed by atoms with E-state index in [2.05, 4.69) is 10.2 Å². The van der Waals surface area contributed by atoms with Crippen molar-refractivity contribution in [3.63, 3.8) is 0 Å². The largest absolute Gasteiger partial charge is 0.478 e. The van der Waals surface area contributed by atoms with Gasteiger partial charge >= 0.3 is 5.97 Å². The van der Waals surface area contributed by atoms with Crippen molar-refractivity contribution in [2.45, 2.75) is 6.42 Å². The number of hydrogen-bond donors (Lipinski definition) is 1. The summed E-state index contributed by atoms with van der Waals surface area (Å²) >= 11 is 5.68. The zero-order valence-electron chi connectivity index (χ0n) is 8.05. The van der Waals surface area contributed by atoms with Crippen LogP contribution in [0.15, 0.2) is 29.0 Å². The molecule has 0 bridgehead atoms. The zero-order valence-corrected chi connectivity index (χ0v) is 8.81. The maximum absolute atomic E-state index is 11.0. The number of furan rings is 1. The van der Waals surface area contributed by atoms with Gasteiger partial charge in [-0.2, -0.15) is 5.10 Å². The number of aromatic nitrogens is 2. The van der Waals surface area contributed by atoms with Gasteiger partial charge in [0.1, 0.15) is 11.3 Å². The molecular formula is C10H7ClN2O3. The fraction of sp³-hybridized carbons (Fsp3) is 0.100. The summed E-state index contributed by atoms with van der Waals surface area (Å²) in [5, 5.41) is 16.0. The van der Waals surface area contributed by atoms with Gasteiger partial charge < -0.3 is 9.52 Å². The molecule has 16 heavy (non-hydrogen) atoms. The minimum atomic E-state index is -1.12. The van der Waals surface area contributed by atoms with Crippen molar-refractivity contribution in [2.24, 2.45) is 0 Å². The quantitative estimate of drug-likeness (QED) is 0.885. The van der Waals surface area contributed by atoms with Gasteiger partial charge in [-0.15, -0.1) is 5.10 Å². The molecule has 0 radical (unpaired) electrons. The number of carbonyl (C=O) groups is 1. The van der Waals surface area contributed by atoms with E-state index < -0.39 is 5.97 Å². The van der Waals surface area contributed by atoms with Gasteiger partial charge in [0.15, 0.2) is 5.15 Å². The molecule has 0 atom stereocenters. The van der Waals surface area contributed by atoms with Crippen LogP contribution >= 0.6 is 11.6 Å². The van der Waals surface area contributed by atoms with Crippen molar-refractivity contribution >= 4 is 17.6 Å². The Morgan fingerprint density at radius 2 is 2.38 bits per heavy atom. The average Bonchev–Trinajstić information content (AvgIpc) is 2.70. The Labute approximate surface area is 95.7 Å². The second kappa shape index (κ2) is 4.32. The molecule has 0 saturated heterocycles. The Hall–Kier alpha value is -1.88. The summed E-state index contributed by atoms with van der Waals surface area (Å²) in [4.78, 5) is 11.0. The van der Waals surface area contributed by atoms with E-state index >= 15 is 0 Å². The third-order valence-electron chi connectivity index (χ3n) is 2.05. The Morgan fingerprint density at radius 1 is 1.56 bits per heavy atom. The number of hydrogen-bond acceptors (Lipinski definition) is 4. The molecule has 0 aliphatic rings. The number of aromatic carboxylic acids is 1. The molecule has 0 amide bonds. The van der Waals surface area contributed by atoms with Crippen LogP contribution < -0.4 is 0 Å². The van der Waals surface area contributed by atoms with Crippen molar-refractivity contribution in [3.8, 4) is 0 Å². The number of nitrogens with zero attached hydrogens (tertiary/aromatic N) is 2. The third kappa shape index (κ3) is 2.04. The number of carboxylic acid groups (broad SMARTS) is 1. The maximum Gasteiger partial charge on any atom is 0.339 e. The second-order valence-electron chi connectivity index (χ2n) is 3.10. The van der Waals surface area contributed by atoms with Crippen LogP contribution in [-0.2, 0) is 6.42 Å². The van der Waals surface area contributed by atoms with Crippen molar-refractivity contribution in [1.82, 2.24) is 10.2 Å². The lowest BCUT2D eigenvalue weighted by atomic mass is 10.1. The molecule has 2 aromatic rings. The highest BCUT2D eigenvalue weighted by Crippen LogP contribution is 2.19. The normalized spacial score (nSPS) is 10.3. The van der Waals surface area contributed by atoms with Gasteiger partial charge in [0.2, 0.25) is 0 Å². The topological polar surface area (TPSA) is 76.2 Å². The summed E-state index contributed by atoms with van der Waals surface area (Å²) in [6.45, 7) is 0. The van der Waals surface area contributed by atoms with E-state index in [-0.39, 0.29) is 10.7 Å². The summed E-state index contributed by atoms with van der Waals surface area (Å²) in [6, 6.07) is 3.48. The highest BCUT2D eigenvalue weighted by molar-refractivity contribution is 6.32. The molecule has 2 rings (SSSR count). The average molecular weight is 239 g/mol. The Kier molecular flexibility index (Phi) is 2.87. The predicted octanol–water partition coefficient (Wildman–Crippen LogP) is 2.01. The van der Waals surface area contributed by atoms with E-state index in [0.29, 0.717) is 17.7 Å². The van der Waals surface area contributed by atoms with Crippen LogP contribution in [0, 0.1) is 0 Å². The highest BCUT2D eigenvalue weighted by Gasteiger charge is 2.17. The SMILES string of the molecule is O=C(O)c1c(Cc2ccco2)cnnc1Cl. The van der Waals surface area contributed by atoms with Crippen molar-refractivity contribution in [3.05, 3.63) is 46.6 Å². The van der Waals surface area contributed by atoms with Crippen LogP contribution in [0.25, 0.3) is 0 Å². The molecule has 0 aliphatic heterocycles. The molecule has 5 nitrogen and oxygen atoms in total. The standard InChI is InChI=1S/C10H7ClN2O3/c11-9-8(10(14)15)6(5-12-13-9)4-7-2-1-3-16-7/h1-3,5H,4H2,(H,14,15). The Bertz CT molecular complexity index is 511. The van der Waals surface area contributed by atoms with Crippen molar-refractivity contribution < 1.29 is 14.3 Å². The molecule has 0 saturated carbocycles. The first-order chi connectivity index (χ1) is 7.68. The molecule has 82 valence electrons. The van der Waals surface area contributed by atoms with Gasteiger partial charge in [-0.05, 0) is 17.7 Å². The Morgan fingerprint density at radius 3 is 3.00 bits per heavy atom. The third-order valence-corrected chi connectivity index (χ3v) is 2.31. The van der Waals surface area contributed by atoms with Crippen LogP contribution in [0.5, 0.6) is 0 Å². The van der Waals surface area contributed by atoms with Crippen molar-refractivity contribution in [1.29, 1.82) is 0 Å². The highest BCUT2D eigenvalue weighted by atomic mass is 35.5. The molecular weight excluding hydrogens is 232 g/mol. The number of rotatable bonds is 3. The lowest BCUT2D eigenvalue weighted by Crippen LogP contribution is -2.06. The summed E-state index contributed by atoms with van der Waals surface area (Å²) in [7, 11) is 0. The molecule has 1 N–H and O–H groups in total. The van der Waals surface area contributed by atoms with Gasteiger partial charge in [-0.3, -0.25) is 0 Å². The number of halogens is 1. The second-order valence-corrected chi connectivity index (χ2v) is 3.45. The first-order valence-electron chi connectivity index (χ1n) is 4.44. The van der Waals surface area contributed by atoms with E-state index in [9.17, 15) is 4.79 Å². The summed E-state index contributed by atoms with van der Waals surface area (Å²) < 4.78 is 5.13. The molecule has 0 unspecified atom stereocenters. The van der Waals surface area contributed by atoms with E-state index in [1.807, 2.05) is 0 Å². The Balaban J connectivity index is 2.40. The van der Waals surface area contributed by atoms with Gasteiger partial charge in [-0.25, -0.2) is 4.79 Å². The lowest BCUT2D eigenvalue weighted by Gasteiger charge is -2.03. The van der Waals surface area contributed by atoms with Crippen molar-refractivity contribution in [2.75, 3.05) is 0 Å². The van der Waals surface area contributed by atoms with E-state index in [0.717, 1.165) is 0 Å². The van der Waals surface area contributed by atoms with Crippen LogP contribution in [0.3, 0.4) is 0 Å². The summed E-state index contributed by atoms with van der Waals surface area (Å²) in [5.74, 6) is -0.479. The lowest BCUT2D eigenvalue weighted by molar-refractivity contribution is 0.0695. The first-order valence-corrected chi connectivity index (χ1v) is 4.82. The van der Waals surface area contributed by atoms with Crippen LogP contribution in [0.1, 0.15) is 21.7 Å². The summed E-state index contributed by atoms with van der Waals surface area (Å²) in [5.41, 5.74) is 0.440. The predicted molar refractivity (Wildman–Crippen MR) is 55.5 cm³/mol. The van der Waals surface area contributed by atoms with Crippen LogP contribution in [0.2, 0.25) is 5.15 Å². The minimum absolute atomic E-state index is 0.0342. The molecule has 0 spiro atoms. The first kappa shape index (κ1) is 10.6. The smallest absolute Gasteiger partial charge is 0.339 e. The molecule has 2 aromatic heterocycles. The van der Waals surface area contributed by atoms with Crippen LogP contribution in [-0.4, -0.2) is 21.3 Å². The minimum Gasteiger partial charge on any atom is -0.478 e. The summed E-state index contributed by atoms with van der Waals surface area (Å²) in [6.07, 6.45) is 3.22. The maximum atomic E-state index is 11.0. The van der Waals surface area contributed by atoms with E-state index in [4.69, 9.17) is 21.1 Å². The number of carboxylic acids is 1. The molecule has 6 heteroatoms. The molecule has 2 heterocycles. The fourth-order valence-corrected chi connectivity index (χ4v) is 1.60. The molecule has 0 fully saturated rings. The molecule has 0 aromatic carbocycles. The van der Waals surface area contributed by atoms with Gasteiger partial charge in [0.05, 0.1) is 12.5 Å². The molecule has 0 aliphatic carbocycles. The monoisotopic (exact) mass is 238 g/mol. The zero-order chi connectivity index (χ0) is 11.5. The van der Waals surface area contributed by atoms with E-state index in [1.165, 1.54) is 12.5 Å². The van der Waals surface area contributed by atoms with E-state index in [1.54, 1.807) is 12.1 Å². The van der Waals surface area contributed by atoms with Gasteiger partial charge in [0.25, 0.3) is 0 Å². The fourth-order valence-electron chi connectivity index (χ4n) is 1.36.